The van der Waals surface area contributed by atoms with Gasteiger partial charge in [0.15, 0.2) is 0 Å². The number of unbranched alkanes of at least 4 members (excludes halogenated alkanes) is 6. The zero-order chi connectivity index (χ0) is 25.0. The molecular formula is C32H38N2O2. The lowest BCUT2D eigenvalue weighted by Crippen LogP contribution is -1.95. The number of rotatable bonds is 14. The summed E-state index contributed by atoms with van der Waals surface area (Å²) >= 11 is 0. The Morgan fingerprint density at radius 1 is 0.556 bits per heavy atom. The minimum atomic E-state index is 0.509. The number of hydrogen-bond acceptors (Lipinski definition) is 4. The molecular weight excluding hydrogens is 444 g/mol. The average Bonchev–Trinajstić information content (AvgIpc) is 3.42. The van der Waals surface area contributed by atoms with Crippen molar-refractivity contribution in [1.29, 1.82) is 0 Å². The number of nitrogens with zero attached hydrogens (tertiary/aromatic N) is 2. The van der Waals surface area contributed by atoms with E-state index in [0.717, 1.165) is 36.3 Å². The second kappa shape index (κ2) is 13.6. The summed E-state index contributed by atoms with van der Waals surface area (Å²) in [7, 11) is 0. The topological polar surface area (TPSA) is 48.2 Å². The molecule has 0 fully saturated rings. The minimum absolute atomic E-state index is 0.509. The van der Waals surface area contributed by atoms with Crippen LogP contribution in [0.5, 0.6) is 5.75 Å². The van der Waals surface area contributed by atoms with Crippen LogP contribution in [0.2, 0.25) is 0 Å². The van der Waals surface area contributed by atoms with Crippen LogP contribution in [0.3, 0.4) is 0 Å². The number of benzene rings is 3. The first-order valence-electron chi connectivity index (χ1n) is 13.5. The molecule has 0 saturated carbocycles. The third-order valence-corrected chi connectivity index (χ3v) is 6.53. The molecule has 4 nitrogen and oxygen atoms in total. The van der Waals surface area contributed by atoms with Gasteiger partial charge in [-0.3, -0.25) is 0 Å². The van der Waals surface area contributed by atoms with Crippen LogP contribution in [0.25, 0.3) is 34.0 Å². The van der Waals surface area contributed by atoms with Crippen LogP contribution >= 0.6 is 0 Å². The molecule has 0 aliphatic rings. The Kier molecular flexibility index (Phi) is 9.72. The molecule has 4 rings (SSSR count). The van der Waals surface area contributed by atoms with Gasteiger partial charge in [-0.15, -0.1) is 10.2 Å². The van der Waals surface area contributed by atoms with Gasteiger partial charge in [0, 0.05) is 11.1 Å². The van der Waals surface area contributed by atoms with Crippen molar-refractivity contribution >= 4 is 0 Å². The van der Waals surface area contributed by atoms with E-state index in [0.29, 0.717) is 11.8 Å². The van der Waals surface area contributed by atoms with Crippen molar-refractivity contribution in [3.05, 3.63) is 78.4 Å². The van der Waals surface area contributed by atoms with Crippen molar-refractivity contribution in [1.82, 2.24) is 10.2 Å². The van der Waals surface area contributed by atoms with Crippen molar-refractivity contribution in [2.45, 2.75) is 71.6 Å². The van der Waals surface area contributed by atoms with E-state index in [1.165, 1.54) is 61.6 Å². The van der Waals surface area contributed by atoms with Gasteiger partial charge in [0.1, 0.15) is 5.75 Å². The van der Waals surface area contributed by atoms with E-state index < -0.39 is 0 Å². The normalized spacial score (nSPS) is 11.1. The summed E-state index contributed by atoms with van der Waals surface area (Å²) < 4.78 is 11.7. The SMILES string of the molecule is CCCCCCCCc1ccc(-c2ccc(-c3nnc(-c4ccc(OCCCC)cc4)o3)cc2)cc1. The Balaban J connectivity index is 1.32. The average molecular weight is 483 g/mol. The second-order valence-electron chi connectivity index (χ2n) is 9.43. The van der Waals surface area contributed by atoms with Crippen LogP contribution in [0, 0.1) is 0 Å². The fraction of sp³-hybridized carbons (Fsp3) is 0.375. The number of aromatic nitrogens is 2. The zero-order valence-corrected chi connectivity index (χ0v) is 21.7. The van der Waals surface area contributed by atoms with E-state index in [2.05, 4.69) is 60.4 Å². The van der Waals surface area contributed by atoms with Gasteiger partial charge < -0.3 is 9.15 Å². The first-order valence-corrected chi connectivity index (χ1v) is 13.5. The molecule has 0 radical (unpaired) electrons. The fourth-order valence-corrected chi connectivity index (χ4v) is 4.26. The van der Waals surface area contributed by atoms with Crippen molar-refractivity contribution in [2.24, 2.45) is 0 Å². The van der Waals surface area contributed by atoms with Crippen LogP contribution in [-0.4, -0.2) is 16.8 Å². The van der Waals surface area contributed by atoms with Crippen LogP contribution in [0.4, 0.5) is 0 Å². The highest BCUT2D eigenvalue weighted by molar-refractivity contribution is 5.68. The maximum atomic E-state index is 5.96. The predicted molar refractivity (Wildman–Crippen MR) is 148 cm³/mol. The molecule has 4 heteroatoms. The van der Waals surface area contributed by atoms with Gasteiger partial charge in [-0.25, -0.2) is 0 Å². The van der Waals surface area contributed by atoms with E-state index in [1.54, 1.807) is 0 Å². The van der Waals surface area contributed by atoms with Crippen molar-refractivity contribution in [3.63, 3.8) is 0 Å². The summed E-state index contributed by atoms with van der Waals surface area (Å²) in [6.45, 7) is 5.16. The van der Waals surface area contributed by atoms with E-state index in [9.17, 15) is 0 Å². The first kappa shape index (κ1) is 25.7. The van der Waals surface area contributed by atoms with Crippen molar-refractivity contribution < 1.29 is 9.15 Å². The van der Waals surface area contributed by atoms with Gasteiger partial charge in [-0.2, -0.15) is 0 Å². The summed E-state index contributed by atoms with van der Waals surface area (Å²) in [5.41, 5.74) is 5.62. The molecule has 0 aliphatic heterocycles. The zero-order valence-electron chi connectivity index (χ0n) is 21.7. The first-order chi connectivity index (χ1) is 17.8. The fourth-order valence-electron chi connectivity index (χ4n) is 4.26. The van der Waals surface area contributed by atoms with Crippen LogP contribution in [0.15, 0.2) is 77.2 Å². The van der Waals surface area contributed by atoms with E-state index >= 15 is 0 Å². The van der Waals surface area contributed by atoms with Crippen molar-refractivity contribution in [2.75, 3.05) is 6.61 Å². The molecule has 0 saturated heterocycles. The van der Waals surface area contributed by atoms with E-state index in [-0.39, 0.29) is 0 Å². The van der Waals surface area contributed by atoms with Crippen LogP contribution < -0.4 is 4.74 Å². The highest BCUT2D eigenvalue weighted by atomic mass is 16.5. The van der Waals surface area contributed by atoms with Gasteiger partial charge in [0.2, 0.25) is 11.8 Å². The van der Waals surface area contributed by atoms with Gasteiger partial charge in [0.25, 0.3) is 0 Å². The molecule has 0 bridgehead atoms. The van der Waals surface area contributed by atoms with Gasteiger partial charge >= 0.3 is 0 Å². The van der Waals surface area contributed by atoms with E-state index in [1.807, 2.05) is 36.4 Å². The molecule has 36 heavy (non-hydrogen) atoms. The van der Waals surface area contributed by atoms with Crippen LogP contribution in [0.1, 0.15) is 70.8 Å². The number of hydrogen-bond donors (Lipinski definition) is 0. The Morgan fingerprint density at radius 2 is 1.06 bits per heavy atom. The predicted octanol–water partition coefficient (Wildman–Crippen LogP) is 9.15. The molecule has 188 valence electrons. The Labute approximate surface area is 215 Å². The highest BCUT2D eigenvalue weighted by Gasteiger charge is 2.11. The summed E-state index contributed by atoms with van der Waals surface area (Å²) in [6.07, 6.45) is 11.4. The quantitative estimate of drug-likeness (QED) is 0.168. The smallest absolute Gasteiger partial charge is 0.248 e. The molecule has 0 atom stereocenters. The van der Waals surface area contributed by atoms with Gasteiger partial charge in [-0.1, -0.05) is 88.8 Å². The van der Waals surface area contributed by atoms with E-state index in [4.69, 9.17) is 9.15 Å². The third-order valence-electron chi connectivity index (χ3n) is 6.53. The Morgan fingerprint density at radius 3 is 1.67 bits per heavy atom. The van der Waals surface area contributed by atoms with Crippen LogP contribution in [-0.2, 0) is 6.42 Å². The highest BCUT2D eigenvalue weighted by Crippen LogP contribution is 2.28. The minimum Gasteiger partial charge on any atom is -0.494 e. The Bertz CT molecular complexity index is 1160. The largest absolute Gasteiger partial charge is 0.494 e. The maximum Gasteiger partial charge on any atom is 0.248 e. The maximum absolute atomic E-state index is 5.96. The lowest BCUT2D eigenvalue weighted by Gasteiger charge is -2.06. The standard InChI is InChI=1S/C32H38N2O2/c1-3-5-7-8-9-10-11-25-12-14-26(15-13-25)27-16-18-28(19-17-27)31-33-34-32(36-31)29-20-22-30(23-21-29)35-24-6-4-2/h12-23H,3-11,24H2,1-2H3. The Hall–Kier alpha value is -3.40. The third kappa shape index (κ3) is 7.30. The molecule has 1 aromatic heterocycles. The monoisotopic (exact) mass is 482 g/mol. The molecule has 0 unspecified atom stereocenters. The van der Waals surface area contributed by atoms with Crippen molar-refractivity contribution in [3.8, 4) is 39.8 Å². The molecule has 1 heterocycles. The van der Waals surface area contributed by atoms with Gasteiger partial charge in [0.05, 0.1) is 6.61 Å². The number of aryl methyl sites for hydroxylation is 1. The summed E-state index contributed by atoms with van der Waals surface area (Å²) in [6, 6.07) is 25.1. The second-order valence-corrected chi connectivity index (χ2v) is 9.43. The lowest BCUT2D eigenvalue weighted by molar-refractivity contribution is 0.309. The molecule has 0 spiro atoms. The number of ether oxygens (including phenoxy) is 1. The summed E-state index contributed by atoms with van der Waals surface area (Å²) in [4.78, 5) is 0. The molecule has 3 aromatic carbocycles. The molecule has 0 N–H and O–H groups in total. The molecule has 4 aromatic rings. The molecule has 0 aliphatic carbocycles. The lowest BCUT2D eigenvalue weighted by atomic mass is 10.00. The van der Waals surface area contributed by atoms with Gasteiger partial charge in [-0.05, 0) is 72.4 Å². The summed E-state index contributed by atoms with van der Waals surface area (Å²) in [5, 5.41) is 8.51. The summed E-state index contributed by atoms with van der Waals surface area (Å²) in [5.74, 6) is 1.89. The molecule has 0 amide bonds.